The van der Waals surface area contributed by atoms with Crippen molar-refractivity contribution in [3.63, 3.8) is 0 Å². The van der Waals surface area contributed by atoms with Crippen molar-refractivity contribution in [2.24, 2.45) is 0 Å². The van der Waals surface area contributed by atoms with Gasteiger partial charge in [0.1, 0.15) is 41.7 Å². The number of benzene rings is 2. The van der Waals surface area contributed by atoms with Crippen LogP contribution >= 0.6 is 0 Å². The third kappa shape index (κ3) is 4.73. The summed E-state index contributed by atoms with van der Waals surface area (Å²) in [5, 5.41) is 58.3. The molecule has 8 heteroatoms. The second kappa shape index (κ2) is 8.76. The van der Waals surface area contributed by atoms with Crippen LogP contribution in [-0.2, 0) is 17.6 Å². The zero-order chi connectivity index (χ0) is 20.3. The van der Waals surface area contributed by atoms with Gasteiger partial charge in [-0.25, -0.2) is 0 Å². The van der Waals surface area contributed by atoms with Gasteiger partial charge in [-0.1, -0.05) is 12.1 Å². The van der Waals surface area contributed by atoms with Crippen molar-refractivity contribution in [2.75, 3.05) is 6.61 Å². The van der Waals surface area contributed by atoms with E-state index in [4.69, 9.17) is 9.47 Å². The highest BCUT2D eigenvalue weighted by Gasteiger charge is 2.44. The molecule has 0 aromatic heterocycles. The lowest BCUT2D eigenvalue weighted by molar-refractivity contribution is -0.277. The van der Waals surface area contributed by atoms with E-state index < -0.39 is 37.3 Å². The molecule has 0 bridgehead atoms. The Balaban J connectivity index is 1.69. The van der Waals surface area contributed by atoms with Crippen LogP contribution in [0.2, 0.25) is 0 Å². The van der Waals surface area contributed by atoms with Crippen LogP contribution in [-0.4, -0.2) is 68.0 Å². The maximum absolute atomic E-state index is 10.1. The van der Waals surface area contributed by atoms with Gasteiger partial charge in [0.2, 0.25) is 6.29 Å². The number of phenolic OH excluding ortho intramolecular Hbond substituents is 2. The number of hydrogen-bond donors (Lipinski definition) is 6. The number of phenols is 2. The number of aromatic hydroxyl groups is 2. The number of rotatable bonds is 6. The van der Waals surface area contributed by atoms with E-state index >= 15 is 0 Å². The first-order chi connectivity index (χ1) is 13.4. The summed E-state index contributed by atoms with van der Waals surface area (Å²) in [5.41, 5.74) is 1.78. The molecule has 1 saturated heterocycles. The summed E-state index contributed by atoms with van der Waals surface area (Å²) in [7, 11) is 0. The minimum atomic E-state index is -1.54. The summed E-state index contributed by atoms with van der Waals surface area (Å²) in [6.07, 6.45) is -5.67. The molecule has 1 fully saturated rings. The van der Waals surface area contributed by atoms with E-state index in [0.29, 0.717) is 12.8 Å². The second-order valence-corrected chi connectivity index (χ2v) is 6.82. The van der Waals surface area contributed by atoms with Gasteiger partial charge in [0.15, 0.2) is 0 Å². The Hall–Kier alpha value is -2.36. The predicted octanol–water partition coefficient (Wildman–Crippen LogP) is 0.0617. The fourth-order valence-electron chi connectivity index (χ4n) is 3.11. The van der Waals surface area contributed by atoms with E-state index in [-0.39, 0.29) is 17.2 Å². The molecule has 0 radical (unpaired) electrons. The number of ether oxygens (including phenoxy) is 2. The molecule has 6 N–H and O–H groups in total. The summed E-state index contributed by atoms with van der Waals surface area (Å²) in [4.78, 5) is 0. The highest BCUT2D eigenvalue weighted by Crippen LogP contribution is 2.28. The van der Waals surface area contributed by atoms with E-state index in [1.165, 1.54) is 6.07 Å². The Morgan fingerprint density at radius 3 is 2.14 bits per heavy atom. The van der Waals surface area contributed by atoms with Crippen LogP contribution in [0, 0.1) is 0 Å². The molecule has 0 unspecified atom stereocenters. The second-order valence-electron chi connectivity index (χ2n) is 6.82. The summed E-state index contributed by atoms with van der Waals surface area (Å²) in [5.74, 6) is 0.365. The zero-order valence-corrected chi connectivity index (χ0v) is 15.0. The molecule has 1 aliphatic heterocycles. The third-order valence-corrected chi connectivity index (χ3v) is 4.69. The van der Waals surface area contributed by atoms with Crippen LogP contribution in [0.15, 0.2) is 42.5 Å². The molecule has 0 aliphatic carbocycles. The average Bonchev–Trinajstić information content (AvgIpc) is 2.67. The minimum Gasteiger partial charge on any atom is -0.508 e. The molecule has 28 heavy (non-hydrogen) atoms. The molecule has 0 amide bonds. The standard InChI is InChI=1S/C20H24O8/c21-10-16-17(24)18(25)19(26)20(28-16)27-15-8-12(7-14(23)9-15)2-1-11-3-5-13(22)6-4-11/h3-9,16-26H,1-2,10H2/t16-,17-,18+,19-,20-/m0/s1. The molecule has 1 heterocycles. The Kier molecular flexibility index (Phi) is 6.38. The molecule has 1 aliphatic rings. The average molecular weight is 392 g/mol. The maximum atomic E-state index is 10.1. The number of hydrogen-bond acceptors (Lipinski definition) is 8. The van der Waals surface area contributed by atoms with Crippen molar-refractivity contribution in [2.45, 2.75) is 43.5 Å². The van der Waals surface area contributed by atoms with Crippen LogP contribution < -0.4 is 4.74 Å². The van der Waals surface area contributed by atoms with Crippen molar-refractivity contribution in [3.05, 3.63) is 53.6 Å². The normalized spacial score (nSPS) is 27.5. The van der Waals surface area contributed by atoms with Gasteiger partial charge in [0.05, 0.1) is 6.61 Å². The molecule has 0 spiro atoms. The molecule has 3 rings (SSSR count). The van der Waals surface area contributed by atoms with Crippen LogP contribution in [0.4, 0.5) is 0 Å². The SMILES string of the molecule is OC[C@@H]1O[C@H](Oc2cc(O)cc(CCc3ccc(O)cc3)c2)[C@@H](O)[C@H](O)[C@H]1O. The molecule has 2 aromatic rings. The topological polar surface area (TPSA) is 140 Å². The fourth-order valence-corrected chi connectivity index (χ4v) is 3.11. The van der Waals surface area contributed by atoms with Gasteiger partial charge in [-0.3, -0.25) is 0 Å². The smallest absolute Gasteiger partial charge is 0.229 e. The lowest BCUT2D eigenvalue weighted by atomic mass is 9.99. The molecule has 0 saturated carbocycles. The van der Waals surface area contributed by atoms with Gasteiger partial charge >= 0.3 is 0 Å². The van der Waals surface area contributed by atoms with Gasteiger partial charge in [-0.15, -0.1) is 0 Å². The van der Waals surface area contributed by atoms with Gasteiger partial charge < -0.3 is 40.1 Å². The number of aliphatic hydroxyl groups excluding tert-OH is 4. The largest absolute Gasteiger partial charge is 0.508 e. The molecule has 2 aromatic carbocycles. The van der Waals surface area contributed by atoms with E-state index in [2.05, 4.69) is 0 Å². The quantitative estimate of drug-likeness (QED) is 0.406. The Morgan fingerprint density at radius 2 is 1.46 bits per heavy atom. The van der Waals surface area contributed by atoms with E-state index in [0.717, 1.165) is 11.1 Å². The van der Waals surface area contributed by atoms with Crippen LogP contribution in [0.5, 0.6) is 17.2 Å². The Bertz CT molecular complexity index is 776. The van der Waals surface area contributed by atoms with Crippen molar-refractivity contribution >= 4 is 0 Å². The maximum Gasteiger partial charge on any atom is 0.229 e. The van der Waals surface area contributed by atoms with Crippen molar-refractivity contribution in [3.8, 4) is 17.2 Å². The van der Waals surface area contributed by atoms with E-state index in [1.807, 2.05) is 12.1 Å². The summed E-state index contributed by atoms with van der Waals surface area (Å²) >= 11 is 0. The molecule has 5 atom stereocenters. The molecule has 152 valence electrons. The van der Waals surface area contributed by atoms with Crippen molar-refractivity contribution in [1.82, 2.24) is 0 Å². The van der Waals surface area contributed by atoms with E-state index in [9.17, 15) is 30.6 Å². The van der Waals surface area contributed by atoms with Crippen molar-refractivity contribution in [1.29, 1.82) is 0 Å². The van der Waals surface area contributed by atoms with Crippen molar-refractivity contribution < 1.29 is 40.1 Å². The molecular weight excluding hydrogens is 368 g/mol. The monoisotopic (exact) mass is 392 g/mol. The van der Waals surface area contributed by atoms with Gasteiger partial charge in [-0.2, -0.15) is 0 Å². The summed E-state index contributed by atoms with van der Waals surface area (Å²) in [6, 6.07) is 11.4. The van der Waals surface area contributed by atoms with Crippen LogP contribution in [0.25, 0.3) is 0 Å². The Labute approximate surface area is 161 Å². The summed E-state index contributed by atoms with van der Waals surface area (Å²) in [6.45, 7) is -0.553. The summed E-state index contributed by atoms with van der Waals surface area (Å²) < 4.78 is 10.9. The number of aryl methyl sites for hydroxylation is 2. The molecule has 8 nitrogen and oxygen atoms in total. The highest BCUT2D eigenvalue weighted by molar-refractivity contribution is 5.38. The first kappa shape index (κ1) is 20.4. The number of aliphatic hydroxyl groups is 4. The third-order valence-electron chi connectivity index (χ3n) is 4.69. The lowest BCUT2D eigenvalue weighted by Gasteiger charge is -2.39. The Morgan fingerprint density at radius 1 is 0.786 bits per heavy atom. The zero-order valence-electron chi connectivity index (χ0n) is 15.0. The first-order valence-corrected chi connectivity index (χ1v) is 8.95. The lowest BCUT2D eigenvalue weighted by Crippen LogP contribution is -2.60. The van der Waals surface area contributed by atoms with Gasteiger partial charge in [-0.05, 0) is 48.2 Å². The van der Waals surface area contributed by atoms with Gasteiger partial charge in [0, 0.05) is 6.07 Å². The van der Waals surface area contributed by atoms with Crippen LogP contribution in [0.3, 0.4) is 0 Å². The first-order valence-electron chi connectivity index (χ1n) is 8.95. The van der Waals surface area contributed by atoms with E-state index in [1.54, 1.807) is 24.3 Å². The predicted molar refractivity (Wildman–Crippen MR) is 98.0 cm³/mol. The minimum absolute atomic E-state index is 0.0391. The fraction of sp³-hybridized carbons (Fsp3) is 0.400. The highest BCUT2D eigenvalue weighted by atomic mass is 16.7. The van der Waals surface area contributed by atoms with Crippen LogP contribution in [0.1, 0.15) is 11.1 Å². The van der Waals surface area contributed by atoms with Gasteiger partial charge in [0.25, 0.3) is 0 Å². The molecular formula is C20H24O8.